The number of fused-ring (bicyclic) bond motifs is 1. The second kappa shape index (κ2) is 5.41. The Morgan fingerprint density at radius 3 is 2.75 bits per heavy atom. The molecule has 1 aliphatic carbocycles. The highest BCUT2D eigenvalue weighted by Crippen LogP contribution is 2.35. The molecule has 4 rings (SSSR count). The topological polar surface area (TPSA) is 55.1 Å². The third-order valence-electron chi connectivity index (χ3n) is 4.75. The molecule has 20 heavy (non-hydrogen) atoms. The van der Waals surface area contributed by atoms with Crippen LogP contribution in [-0.4, -0.2) is 32.9 Å². The monoisotopic (exact) mass is 291 g/mol. The van der Waals surface area contributed by atoms with Crippen molar-refractivity contribution in [1.82, 2.24) is 25.1 Å². The molecule has 0 aromatic carbocycles. The molecule has 1 saturated heterocycles. The molecule has 2 aromatic rings. The molecule has 3 heterocycles. The van der Waals surface area contributed by atoms with E-state index >= 15 is 0 Å². The first-order valence-electron chi connectivity index (χ1n) is 7.82. The smallest absolute Gasteiger partial charge is 0.234 e. The molecule has 108 valence electrons. The Morgan fingerprint density at radius 1 is 1.15 bits per heavy atom. The van der Waals surface area contributed by atoms with E-state index in [1.165, 1.54) is 56.6 Å². The quantitative estimate of drug-likeness (QED) is 0.939. The van der Waals surface area contributed by atoms with Gasteiger partial charge in [-0.2, -0.15) is 9.61 Å². The molecule has 5 nitrogen and oxygen atoms in total. The minimum atomic E-state index is 0.601. The van der Waals surface area contributed by atoms with E-state index in [0.717, 1.165) is 23.1 Å². The van der Waals surface area contributed by atoms with Crippen LogP contribution in [0.15, 0.2) is 0 Å². The van der Waals surface area contributed by atoms with Gasteiger partial charge in [0.25, 0.3) is 0 Å². The SMILES string of the molecule is C1CC(c2nnc3sc(CCC4CCNCC4)nn23)C1. The number of nitrogens with zero attached hydrogens (tertiary/aromatic N) is 4. The van der Waals surface area contributed by atoms with Gasteiger partial charge in [-0.1, -0.05) is 17.8 Å². The van der Waals surface area contributed by atoms with Crippen LogP contribution in [0.3, 0.4) is 0 Å². The van der Waals surface area contributed by atoms with Crippen LogP contribution in [0, 0.1) is 5.92 Å². The van der Waals surface area contributed by atoms with Crippen molar-refractivity contribution in [3.63, 3.8) is 0 Å². The first-order valence-corrected chi connectivity index (χ1v) is 8.63. The van der Waals surface area contributed by atoms with Crippen LogP contribution in [0.5, 0.6) is 0 Å². The molecular weight excluding hydrogens is 270 g/mol. The lowest BCUT2D eigenvalue weighted by Crippen LogP contribution is -2.27. The fraction of sp³-hybridized carbons (Fsp3) is 0.786. The van der Waals surface area contributed by atoms with E-state index in [9.17, 15) is 0 Å². The summed E-state index contributed by atoms with van der Waals surface area (Å²) in [6, 6.07) is 0. The van der Waals surface area contributed by atoms with Gasteiger partial charge in [0.2, 0.25) is 4.96 Å². The zero-order chi connectivity index (χ0) is 13.4. The van der Waals surface area contributed by atoms with Crippen molar-refractivity contribution in [2.24, 2.45) is 5.92 Å². The molecule has 1 saturated carbocycles. The third-order valence-corrected chi connectivity index (χ3v) is 5.71. The number of aromatic nitrogens is 4. The van der Waals surface area contributed by atoms with E-state index in [0.29, 0.717) is 5.92 Å². The summed E-state index contributed by atoms with van der Waals surface area (Å²) in [6.07, 6.45) is 8.83. The van der Waals surface area contributed by atoms with Crippen LogP contribution in [0.1, 0.15) is 55.3 Å². The van der Waals surface area contributed by atoms with Crippen molar-refractivity contribution >= 4 is 16.3 Å². The Balaban J connectivity index is 1.45. The van der Waals surface area contributed by atoms with Crippen molar-refractivity contribution in [3.8, 4) is 0 Å². The van der Waals surface area contributed by atoms with Crippen molar-refractivity contribution in [1.29, 1.82) is 0 Å². The Labute approximate surface area is 122 Å². The van der Waals surface area contributed by atoms with Crippen molar-refractivity contribution in [3.05, 3.63) is 10.8 Å². The Hall–Kier alpha value is -1.01. The molecule has 0 amide bonds. The summed E-state index contributed by atoms with van der Waals surface area (Å²) in [5, 5.41) is 18.0. The average Bonchev–Trinajstić information content (AvgIpc) is 2.98. The van der Waals surface area contributed by atoms with Gasteiger partial charge in [-0.15, -0.1) is 10.2 Å². The average molecular weight is 291 g/mol. The van der Waals surface area contributed by atoms with Gasteiger partial charge < -0.3 is 5.32 Å². The summed E-state index contributed by atoms with van der Waals surface area (Å²) in [4.78, 5) is 0.979. The molecule has 2 aliphatic rings. The maximum Gasteiger partial charge on any atom is 0.234 e. The van der Waals surface area contributed by atoms with Crippen molar-refractivity contribution in [2.75, 3.05) is 13.1 Å². The van der Waals surface area contributed by atoms with Crippen LogP contribution < -0.4 is 5.32 Å². The summed E-state index contributed by atoms with van der Waals surface area (Å²) in [5.74, 6) is 2.57. The van der Waals surface area contributed by atoms with Crippen molar-refractivity contribution in [2.45, 2.75) is 50.9 Å². The van der Waals surface area contributed by atoms with E-state index in [1.807, 2.05) is 4.52 Å². The second-order valence-electron chi connectivity index (χ2n) is 6.11. The largest absolute Gasteiger partial charge is 0.317 e. The minimum Gasteiger partial charge on any atom is -0.317 e. The van der Waals surface area contributed by atoms with Crippen LogP contribution in [0.25, 0.3) is 4.96 Å². The fourth-order valence-corrected chi connectivity index (χ4v) is 4.05. The number of hydrogen-bond donors (Lipinski definition) is 1. The fourth-order valence-electron chi connectivity index (χ4n) is 3.19. The zero-order valence-electron chi connectivity index (χ0n) is 11.7. The molecule has 0 radical (unpaired) electrons. The summed E-state index contributed by atoms with van der Waals surface area (Å²) in [7, 11) is 0. The summed E-state index contributed by atoms with van der Waals surface area (Å²) < 4.78 is 2.01. The number of piperidine rings is 1. The van der Waals surface area contributed by atoms with E-state index in [-0.39, 0.29) is 0 Å². The second-order valence-corrected chi connectivity index (χ2v) is 7.15. The molecule has 1 aliphatic heterocycles. The van der Waals surface area contributed by atoms with Crippen molar-refractivity contribution < 1.29 is 0 Å². The zero-order valence-corrected chi connectivity index (χ0v) is 12.5. The molecule has 0 spiro atoms. The van der Waals surface area contributed by atoms with Gasteiger partial charge in [-0.3, -0.25) is 0 Å². The van der Waals surface area contributed by atoms with E-state index in [2.05, 4.69) is 15.5 Å². The van der Waals surface area contributed by atoms with Gasteiger partial charge in [-0.05, 0) is 51.1 Å². The predicted octanol–water partition coefficient (Wildman–Crippen LogP) is 2.39. The van der Waals surface area contributed by atoms with Gasteiger partial charge in [0.1, 0.15) is 5.01 Å². The van der Waals surface area contributed by atoms with E-state index in [1.54, 1.807) is 11.3 Å². The highest BCUT2D eigenvalue weighted by molar-refractivity contribution is 7.16. The molecule has 2 aromatic heterocycles. The van der Waals surface area contributed by atoms with Crippen LogP contribution in [0.4, 0.5) is 0 Å². The van der Waals surface area contributed by atoms with Gasteiger partial charge in [0, 0.05) is 12.3 Å². The maximum absolute atomic E-state index is 4.75. The first-order chi connectivity index (χ1) is 9.90. The van der Waals surface area contributed by atoms with E-state index < -0.39 is 0 Å². The first kappa shape index (κ1) is 12.7. The van der Waals surface area contributed by atoms with Crippen LogP contribution >= 0.6 is 11.3 Å². The normalized spacial score (nSPS) is 21.4. The number of aryl methyl sites for hydroxylation is 1. The Morgan fingerprint density at radius 2 is 2.00 bits per heavy atom. The lowest BCUT2D eigenvalue weighted by molar-refractivity contribution is 0.353. The minimum absolute atomic E-state index is 0.601. The van der Waals surface area contributed by atoms with Gasteiger partial charge in [-0.25, -0.2) is 0 Å². The highest BCUT2D eigenvalue weighted by atomic mass is 32.1. The highest BCUT2D eigenvalue weighted by Gasteiger charge is 2.26. The summed E-state index contributed by atoms with van der Waals surface area (Å²) >= 11 is 1.72. The van der Waals surface area contributed by atoms with Gasteiger partial charge in [0.05, 0.1) is 0 Å². The standard InChI is InChI=1S/C14H21N5S/c1-2-11(3-1)13-16-17-14-19(13)18-12(20-14)5-4-10-6-8-15-9-7-10/h10-11,15H,1-9H2. The van der Waals surface area contributed by atoms with Crippen LogP contribution in [-0.2, 0) is 6.42 Å². The van der Waals surface area contributed by atoms with Crippen LogP contribution in [0.2, 0.25) is 0 Å². The Kier molecular flexibility index (Phi) is 3.44. The lowest BCUT2D eigenvalue weighted by atomic mass is 9.85. The maximum atomic E-state index is 4.75. The number of hydrogen-bond acceptors (Lipinski definition) is 5. The number of nitrogens with one attached hydrogen (secondary N) is 1. The molecule has 0 unspecified atom stereocenters. The molecular formula is C14H21N5S. The lowest BCUT2D eigenvalue weighted by Gasteiger charge is -2.22. The van der Waals surface area contributed by atoms with Gasteiger partial charge >= 0.3 is 0 Å². The van der Waals surface area contributed by atoms with Gasteiger partial charge in [0.15, 0.2) is 5.82 Å². The van der Waals surface area contributed by atoms with E-state index in [4.69, 9.17) is 5.10 Å². The molecule has 0 bridgehead atoms. The molecule has 1 N–H and O–H groups in total. The Bertz CT molecular complexity index is 579. The summed E-state index contributed by atoms with van der Waals surface area (Å²) in [6.45, 7) is 2.36. The molecule has 2 fully saturated rings. The predicted molar refractivity (Wildman–Crippen MR) is 79.2 cm³/mol. The molecule has 0 atom stereocenters. The third kappa shape index (κ3) is 2.35. The summed E-state index contributed by atoms with van der Waals surface area (Å²) in [5.41, 5.74) is 0. The molecule has 6 heteroatoms. The number of rotatable bonds is 4.